The minimum Gasteiger partial charge on any atom is -0.367 e. The van der Waals surface area contributed by atoms with Crippen molar-refractivity contribution in [3.8, 4) is 0 Å². The predicted octanol–water partition coefficient (Wildman–Crippen LogP) is 4.01. The third kappa shape index (κ3) is 4.01. The van der Waals surface area contributed by atoms with Gasteiger partial charge < -0.3 is 4.90 Å². The van der Waals surface area contributed by atoms with Crippen LogP contribution in [0.5, 0.6) is 0 Å². The maximum absolute atomic E-state index is 12.5. The Balaban J connectivity index is 2.38. The van der Waals surface area contributed by atoms with E-state index in [1.54, 1.807) is 6.07 Å². The van der Waals surface area contributed by atoms with E-state index in [4.69, 9.17) is 0 Å². The highest BCUT2D eigenvalue weighted by Crippen LogP contribution is 2.32. The average molecular weight is 374 g/mol. The van der Waals surface area contributed by atoms with Gasteiger partial charge in [0.15, 0.2) is 9.84 Å². The number of halogens is 1. The molecule has 3 nitrogen and oxygen atoms in total. The van der Waals surface area contributed by atoms with Gasteiger partial charge in [-0.3, -0.25) is 0 Å². The van der Waals surface area contributed by atoms with E-state index in [0.717, 1.165) is 36.8 Å². The quantitative estimate of drug-likeness (QED) is 0.706. The van der Waals surface area contributed by atoms with E-state index in [1.807, 2.05) is 25.1 Å². The van der Waals surface area contributed by atoms with E-state index in [2.05, 4.69) is 20.8 Å². The molecule has 1 saturated heterocycles. The van der Waals surface area contributed by atoms with Crippen LogP contribution in [0.1, 0.15) is 39.0 Å². The van der Waals surface area contributed by atoms with Gasteiger partial charge in [0.25, 0.3) is 0 Å². The predicted molar refractivity (Wildman–Crippen MR) is 92.2 cm³/mol. The Morgan fingerprint density at radius 2 is 2.05 bits per heavy atom. The van der Waals surface area contributed by atoms with Gasteiger partial charge in [-0.1, -0.05) is 35.0 Å². The number of benzene rings is 1. The highest BCUT2D eigenvalue weighted by molar-refractivity contribution is 9.09. The number of anilines is 1. The fourth-order valence-corrected chi connectivity index (χ4v) is 5.16. The van der Waals surface area contributed by atoms with Crippen LogP contribution in [0.3, 0.4) is 0 Å². The molecule has 0 N–H and O–H groups in total. The Kier molecular flexibility index (Phi) is 6.11. The Morgan fingerprint density at radius 3 is 2.76 bits per heavy atom. The average Bonchev–Trinajstić information content (AvgIpc) is 2.48. The molecule has 0 radical (unpaired) electrons. The van der Waals surface area contributed by atoms with Gasteiger partial charge in [-0.05, 0) is 44.2 Å². The fourth-order valence-electron chi connectivity index (χ4n) is 3.08. The van der Waals surface area contributed by atoms with Gasteiger partial charge in [-0.15, -0.1) is 0 Å². The number of hydrogen-bond acceptors (Lipinski definition) is 3. The Labute approximate surface area is 136 Å². The topological polar surface area (TPSA) is 37.4 Å². The molecule has 21 heavy (non-hydrogen) atoms. The maximum Gasteiger partial charge on any atom is 0.180 e. The van der Waals surface area contributed by atoms with Gasteiger partial charge in [0.05, 0.1) is 16.3 Å². The zero-order chi connectivity index (χ0) is 15.3. The van der Waals surface area contributed by atoms with Crippen molar-refractivity contribution < 1.29 is 8.42 Å². The summed E-state index contributed by atoms with van der Waals surface area (Å²) < 4.78 is 25.0. The number of alkyl halides is 1. The molecule has 2 rings (SSSR count). The molecule has 0 saturated carbocycles. The van der Waals surface area contributed by atoms with Crippen molar-refractivity contribution in [3.05, 3.63) is 24.3 Å². The van der Waals surface area contributed by atoms with Crippen LogP contribution in [0.4, 0.5) is 5.69 Å². The first kappa shape index (κ1) is 16.8. The van der Waals surface area contributed by atoms with Gasteiger partial charge in [0.2, 0.25) is 0 Å². The maximum atomic E-state index is 12.5. The number of para-hydroxylation sites is 1. The van der Waals surface area contributed by atoms with E-state index in [1.165, 1.54) is 6.42 Å². The molecule has 5 heteroatoms. The normalized spacial score (nSPS) is 19.7. The fraction of sp³-hybridized carbons (Fsp3) is 0.625. The van der Waals surface area contributed by atoms with Crippen molar-refractivity contribution in [2.24, 2.45) is 0 Å². The molecule has 0 aromatic heterocycles. The summed E-state index contributed by atoms with van der Waals surface area (Å²) in [5.74, 6) is 0.223. The Bertz CT molecular complexity index is 557. The summed E-state index contributed by atoms with van der Waals surface area (Å²) in [4.78, 5) is 2.82. The number of piperidine rings is 1. The van der Waals surface area contributed by atoms with Crippen LogP contribution in [0.15, 0.2) is 29.2 Å². The summed E-state index contributed by atoms with van der Waals surface area (Å²) in [6.07, 6.45) is 5.23. The van der Waals surface area contributed by atoms with Crippen LogP contribution in [-0.2, 0) is 9.84 Å². The summed E-state index contributed by atoms with van der Waals surface area (Å²) in [6.45, 7) is 2.87. The summed E-state index contributed by atoms with van der Waals surface area (Å²) >= 11 is 3.52. The number of sulfone groups is 1. The number of rotatable bonds is 6. The lowest BCUT2D eigenvalue weighted by atomic mass is 9.99. The van der Waals surface area contributed by atoms with Crippen LogP contribution in [0, 0.1) is 0 Å². The van der Waals surface area contributed by atoms with E-state index >= 15 is 0 Å². The first-order valence-electron chi connectivity index (χ1n) is 7.74. The van der Waals surface area contributed by atoms with Crippen LogP contribution >= 0.6 is 15.9 Å². The molecule has 1 aromatic rings. The lowest BCUT2D eigenvalue weighted by Crippen LogP contribution is -2.40. The summed E-state index contributed by atoms with van der Waals surface area (Å²) in [7, 11) is -3.18. The molecule has 0 spiro atoms. The first-order valence-corrected chi connectivity index (χ1v) is 10.5. The van der Waals surface area contributed by atoms with Crippen molar-refractivity contribution in [1.82, 2.24) is 0 Å². The van der Waals surface area contributed by atoms with Gasteiger partial charge in [-0.25, -0.2) is 8.42 Å². The summed E-state index contributed by atoms with van der Waals surface area (Å²) in [6, 6.07) is 7.95. The van der Waals surface area contributed by atoms with Crippen LogP contribution in [0.2, 0.25) is 0 Å². The molecule has 1 atom stereocenters. The molecular weight excluding hydrogens is 350 g/mol. The van der Waals surface area contributed by atoms with Crippen molar-refractivity contribution >= 4 is 31.5 Å². The number of hydrogen-bond donors (Lipinski definition) is 0. The second-order valence-electron chi connectivity index (χ2n) is 5.61. The molecule has 0 aliphatic carbocycles. The van der Waals surface area contributed by atoms with Gasteiger partial charge in [0.1, 0.15) is 0 Å². The highest BCUT2D eigenvalue weighted by Gasteiger charge is 2.27. The Morgan fingerprint density at radius 1 is 1.29 bits per heavy atom. The molecule has 1 aliphatic rings. The second-order valence-corrected chi connectivity index (χ2v) is 8.48. The third-order valence-corrected chi connectivity index (χ3v) is 6.47. The lowest BCUT2D eigenvalue weighted by molar-refractivity contribution is 0.450. The minimum atomic E-state index is -3.18. The molecule has 0 bridgehead atoms. The van der Waals surface area contributed by atoms with Crippen LogP contribution in [0.25, 0.3) is 0 Å². The zero-order valence-corrected chi connectivity index (χ0v) is 15.0. The zero-order valence-electron chi connectivity index (χ0n) is 12.6. The molecule has 1 heterocycles. The molecule has 0 amide bonds. The van der Waals surface area contributed by atoms with Gasteiger partial charge >= 0.3 is 0 Å². The first-order chi connectivity index (χ1) is 10.1. The van der Waals surface area contributed by atoms with E-state index in [9.17, 15) is 8.42 Å². The number of nitrogens with zero attached hydrogens (tertiary/aromatic N) is 1. The smallest absolute Gasteiger partial charge is 0.180 e. The Hall–Kier alpha value is -0.550. The molecule has 118 valence electrons. The standard InChI is InChI=1S/C16H24BrNO2S/c1-2-13-21(19,20)16-9-4-3-8-15(16)18-12-6-5-7-14(18)10-11-17/h3-4,8-9,14H,2,5-7,10-13H2,1H3. The van der Waals surface area contributed by atoms with E-state index < -0.39 is 9.84 Å². The molecule has 1 aliphatic heterocycles. The van der Waals surface area contributed by atoms with E-state index in [-0.39, 0.29) is 5.75 Å². The monoisotopic (exact) mass is 373 g/mol. The molecule has 1 unspecified atom stereocenters. The van der Waals surface area contributed by atoms with Crippen molar-refractivity contribution in [2.75, 3.05) is 22.5 Å². The summed E-state index contributed by atoms with van der Waals surface area (Å²) in [5.41, 5.74) is 0.900. The van der Waals surface area contributed by atoms with Gasteiger partial charge in [0, 0.05) is 17.9 Å². The SMILES string of the molecule is CCCS(=O)(=O)c1ccccc1N1CCCCC1CCBr. The largest absolute Gasteiger partial charge is 0.367 e. The summed E-state index contributed by atoms with van der Waals surface area (Å²) in [5, 5.41) is 0.956. The highest BCUT2D eigenvalue weighted by atomic mass is 79.9. The van der Waals surface area contributed by atoms with Crippen LogP contribution < -0.4 is 4.90 Å². The van der Waals surface area contributed by atoms with Gasteiger partial charge in [-0.2, -0.15) is 0 Å². The van der Waals surface area contributed by atoms with Crippen molar-refractivity contribution in [3.63, 3.8) is 0 Å². The molecule has 1 fully saturated rings. The second kappa shape index (κ2) is 7.63. The van der Waals surface area contributed by atoms with Crippen molar-refractivity contribution in [1.29, 1.82) is 0 Å². The molecular formula is C16H24BrNO2S. The third-order valence-electron chi connectivity index (χ3n) is 4.05. The van der Waals surface area contributed by atoms with Crippen LogP contribution in [-0.4, -0.2) is 32.1 Å². The minimum absolute atomic E-state index is 0.223. The van der Waals surface area contributed by atoms with E-state index in [0.29, 0.717) is 17.4 Å². The lowest BCUT2D eigenvalue weighted by Gasteiger charge is -2.38. The van der Waals surface area contributed by atoms with Crippen molar-refractivity contribution in [2.45, 2.75) is 50.0 Å². The molecule has 1 aromatic carbocycles.